The molecule has 0 atom stereocenters. The van der Waals surface area contributed by atoms with E-state index < -0.39 is 10.0 Å². The van der Waals surface area contributed by atoms with E-state index in [0.29, 0.717) is 6.54 Å². The van der Waals surface area contributed by atoms with E-state index >= 15 is 0 Å². The predicted octanol–water partition coefficient (Wildman–Crippen LogP) is 3.23. The van der Waals surface area contributed by atoms with E-state index in [0.717, 1.165) is 14.7 Å². The van der Waals surface area contributed by atoms with Crippen molar-refractivity contribution >= 4 is 38.9 Å². The zero-order valence-electron chi connectivity index (χ0n) is 13.9. The van der Waals surface area contributed by atoms with Crippen molar-refractivity contribution in [1.82, 2.24) is 9.21 Å². The van der Waals surface area contributed by atoms with Crippen molar-refractivity contribution < 1.29 is 13.2 Å². The van der Waals surface area contributed by atoms with Crippen LogP contribution in [0.5, 0.6) is 0 Å². The molecular weight excluding hydrogens is 368 g/mol. The van der Waals surface area contributed by atoms with Crippen LogP contribution in [0.3, 0.4) is 0 Å². The van der Waals surface area contributed by atoms with Crippen molar-refractivity contribution in [2.24, 2.45) is 0 Å². The lowest BCUT2D eigenvalue weighted by Crippen LogP contribution is -2.27. The van der Waals surface area contributed by atoms with Gasteiger partial charge in [-0.15, -0.1) is 11.3 Å². The van der Waals surface area contributed by atoms with Crippen LogP contribution >= 0.6 is 22.9 Å². The molecule has 1 heterocycles. The third-order valence-corrected chi connectivity index (χ3v) is 6.79. The molecule has 5 nitrogen and oxygen atoms in total. The number of rotatable bonds is 5. The number of amides is 1. The predicted molar refractivity (Wildman–Crippen MR) is 97.2 cm³/mol. The molecule has 0 fully saturated rings. The minimum atomic E-state index is -3.63. The molecule has 0 bridgehead atoms. The van der Waals surface area contributed by atoms with Crippen LogP contribution in [0.1, 0.15) is 20.8 Å². The van der Waals surface area contributed by atoms with E-state index in [1.54, 1.807) is 18.4 Å². The molecule has 1 amide bonds. The normalized spacial score (nSPS) is 11.8. The molecule has 0 radical (unpaired) electrons. The Morgan fingerprint density at radius 3 is 2.42 bits per heavy atom. The van der Waals surface area contributed by atoms with Gasteiger partial charge in [0.05, 0.1) is 22.0 Å². The molecule has 1 aromatic carbocycles. The van der Waals surface area contributed by atoms with Gasteiger partial charge in [-0.1, -0.05) is 11.6 Å². The fraction of sp³-hybridized carbons (Fsp3) is 0.312. The third-order valence-electron chi connectivity index (χ3n) is 3.64. The Morgan fingerprint density at radius 1 is 1.21 bits per heavy atom. The number of halogens is 1. The molecule has 0 aliphatic heterocycles. The highest BCUT2D eigenvalue weighted by atomic mass is 35.5. The number of carbonyl (C=O) groups is 1. The van der Waals surface area contributed by atoms with Crippen molar-refractivity contribution in [3.05, 3.63) is 50.7 Å². The van der Waals surface area contributed by atoms with Gasteiger partial charge in [-0.25, -0.2) is 12.7 Å². The molecule has 0 aliphatic carbocycles. The first-order valence-corrected chi connectivity index (χ1v) is 9.85. The van der Waals surface area contributed by atoms with Gasteiger partial charge < -0.3 is 4.90 Å². The Kier molecular flexibility index (Phi) is 5.70. The number of thiophene rings is 1. The van der Waals surface area contributed by atoms with E-state index in [1.807, 2.05) is 18.4 Å². The van der Waals surface area contributed by atoms with Gasteiger partial charge in [0.1, 0.15) is 0 Å². The van der Waals surface area contributed by atoms with Crippen molar-refractivity contribution in [2.45, 2.75) is 18.4 Å². The highest BCUT2D eigenvalue weighted by molar-refractivity contribution is 7.89. The quantitative estimate of drug-likeness (QED) is 0.792. The van der Waals surface area contributed by atoms with Gasteiger partial charge >= 0.3 is 0 Å². The summed E-state index contributed by atoms with van der Waals surface area (Å²) in [5.41, 5.74) is 1.30. The van der Waals surface area contributed by atoms with Crippen molar-refractivity contribution in [3.63, 3.8) is 0 Å². The maximum Gasteiger partial charge on any atom is 0.255 e. The molecule has 130 valence electrons. The molecule has 8 heteroatoms. The lowest BCUT2D eigenvalue weighted by Gasteiger charge is -2.19. The number of sulfonamides is 1. The number of carbonyl (C=O) groups excluding carboxylic acids is 1. The lowest BCUT2D eigenvalue weighted by molar-refractivity contribution is 0.0786. The number of benzene rings is 1. The fourth-order valence-corrected chi connectivity index (χ4v) is 4.18. The molecule has 0 unspecified atom stereocenters. The Balaban J connectivity index is 2.34. The van der Waals surface area contributed by atoms with Crippen LogP contribution in [0, 0.1) is 6.92 Å². The number of aryl methyl sites for hydroxylation is 1. The second-order valence-corrected chi connectivity index (χ2v) is 9.18. The second kappa shape index (κ2) is 7.23. The number of hydrogen-bond donors (Lipinski definition) is 0. The molecule has 0 saturated carbocycles. The van der Waals surface area contributed by atoms with Crippen LogP contribution in [-0.2, 0) is 16.6 Å². The van der Waals surface area contributed by atoms with Crippen LogP contribution in [0.2, 0.25) is 5.02 Å². The Bertz CT molecular complexity index is 860. The summed E-state index contributed by atoms with van der Waals surface area (Å²) in [4.78, 5) is 15.3. The Hall–Kier alpha value is -1.41. The molecule has 2 aromatic rings. The van der Waals surface area contributed by atoms with Crippen molar-refractivity contribution in [1.29, 1.82) is 0 Å². The van der Waals surface area contributed by atoms with E-state index in [4.69, 9.17) is 11.6 Å². The summed E-state index contributed by atoms with van der Waals surface area (Å²) in [6.45, 7) is 2.44. The summed E-state index contributed by atoms with van der Waals surface area (Å²) in [5.74, 6) is -0.316. The molecule has 2 rings (SSSR count). The van der Waals surface area contributed by atoms with E-state index in [1.165, 1.54) is 37.2 Å². The lowest BCUT2D eigenvalue weighted by atomic mass is 10.2. The van der Waals surface area contributed by atoms with Crippen molar-refractivity contribution in [2.75, 3.05) is 21.1 Å². The monoisotopic (exact) mass is 386 g/mol. The maximum atomic E-state index is 12.7. The van der Waals surface area contributed by atoms with E-state index in [-0.39, 0.29) is 21.4 Å². The number of hydrogen-bond acceptors (Lipinski definition) is 4. The van der Waals surface area contributed by atoms with E-state index in [9.17, 15) is 13.2 Å². The summed E-state index contributed by atoms with van der Waals surface area (Å²) < 4.78 is 25.6. The average molecular weight is 387 g/mol. The van der Waals surface area contributed by atoms with Gasteiger partial charge in [0.2, 0.25) is 10.0 Å². The molecule has 24 heavy (non-hydrogen) atoms. The van der Waals surface area contributed by atoms with Gasteiger partial charge in [0.25, 0.3) is 5.91 Å². The van der Waals surface area contributed by atoms with Crippen LogP contribution in [0.25, 0.3) is 0 Å². The van der Waals surface area contributed by atoms with Crippen LogP contribution < -0.4 is 0 Å². The Morgan fingerprint density at radius 2 is 1.88 bits per heavy atom. The zero-order chi connectivity index (χ0) is 18.1. The SMILES string of the molecule is Cc1ccsc1CN(C)C(=O)c1cc(S(=O)(=O)N(C)C)ccc1Cl. The van der Waals surface area contributed by atoms with E-state index in [2.05, 4.69) is 0 Å². The summed E-state index contributed by atoms with van der Waals surface area (Å²) in [6.07, 6.45) is 0. The maximum absolute atomic E-state index is 12.7. The van der Waals surface area contributed by atoms with Crippen LogP contribution in [0.4, 0.5) is 0 Å². The van der Waals surface area contributed by atoms with Crippen LogP contribution in [-0.4, -0.2) is 44.7 Å². The first kappa shape index (κ1) is 18.9. The zero-order valence-corrected chi connectivity index (χ0v) is 16.3. The Labute approximate surface area is 151 Å². The highest BCUT2D eigenvalue weighted by Gasteiger charge is 2.22. The minimum absolute atomic E-state index is 0.0426. The third kappa shape index (κ3) is 3.80. The minimum Gasteiger partial charge on any atom is -0.337 e. The standard InChI is InChI=1S/C16H19ClN2O3S2/c1-11-7-8-23-15(11)10-19(4)16(20)13-9-12(5-6-14(13)17)24(21,22)18(2)3/h5-9H,10H2,1-4H3. The second-order valence-electron chi connectivity index (χ2n) is 5.62. The first-order chi connectivity index (χ1) is 11.1. The van der Waals surface area contributed by atoms with Crippen molar-refractivity contribution in [3.8, 4) is 0 Å². The smallest absolute Gasteiger partial charge is 0.255 e. The number of nitrogens with zero attached hydrogens (tertiary/aromatic N) is 2. The largest absolute Gasteiger partial charge is 0.337 e. The highest BCUT2D eigenvalue weighted by Crippen LogP contribution is 2.24. The van der Waals surface area contributed by atoms with Crippen LogP contribution in [0.15, 0.2) is 34.5 Å². The summed E-state index contributed by atoms with van der Waals surface area (Å²) in [5, 5.41) is 2.20. The van der Waals surface area contributed by atoms with Gasteiger partial charge in [-0.2, -0.15) is 0 Å². The van der Waals surface area contributed by atoms with Gasteiger partial charge in [0, 0.05) is 26.0 Å². The molecular formula is C16H19ClN2O3S2. The molecule has 0 saturated heterocycles. The van der Waals surface area contributed by atoms with Gasteiger partial charge in [-0.3, -0.25) is 4.79 Å². The first-order valence-electron chi connectivity index (χ1n) is 7.15. The summed E-state index contributed by atoms with van der Waals surface area (Å²) in [6, 6.07) is 6.17. The molecule has 0 spiro atoms. The topological polar surface area (TPSA) is 57.7 Å². The van der Waals surface area contributed by atoms with Gasteiger partial charge in [0.15, 0.2) is 0 Å². The molecule has 0 aliphatic rings. The average Bonchev–Trinajstić information content (AvgIpc) is 2.91. The summed E-state index contributed by atoms with van der Waals surface area (Å²) in [7, 11) is 0.929. The molecule has 0 N–H and O–H groups in total. The van der Waals surface area contributed by atoms with Gasteiger partial charge in [-0.05, 0) is 42.1 Å². The molecule has 1 aromatic heterocycles. The summed E-state index contributed by atoms with van der Waals surface area (Å²) >= 11 is 7.70. The fourth-order valence-electron chi connectivity index (χ4n) is 2.10.